The fourth-order valence-corrected chi connectivity index (χ4v) is 3.17. The zero-order valence-corrected chi connectivity index (χ0v) is 18.0. The third kappa shape index (κ3) is 22.5. The van der Waals surface area contributed by atoms with E-state index in [1.165, 1.54) is 103 Å². The average molecular weight is 395 g/mol. The molecule has 0 heterocycles. The first kappa shape index (κ1) is 26.4. The molecule has 0 radical (unpaired) electrons. The van der Waals surface area contributed by atoms with Gasteiger partial charge in [-0.1, -0.05) is 103 Å². The van der Waals surface area contributed by atoms with Crippen LogP contribution in [0.4, 0.5) is 0 Å². The predicted molar refractivity (Wildman–Crippen MR) is 116 cm³/mol. The molecular formula is C24H42O4. The van der Waals surface area contributed by atoms with Gasteiger partial charge in [-0.2, -0.15) is 0 Å². The van der Waals surface area contributed by atoms with Crippen molar-refractivity contribution in [3.05, 3.63) is 24.5 Å². The zero-order chi connectivity index (χ0) is 20.7. The largest absolute Gasteiger partial charge is 0.478 e. The molecule has 0 aromatic heterocycles. The third-order valence-electron chi connectivity index (χ3n) is 4.87. The van der Waals surface area contributed by atoms with E-state index in [1.54, 1.807) is 0 Å². The molecule has 0 saturated carbocycles. The fourth-order valence-electron chi connectivity index (χ4n) is 3.17. The lowest BCUT2D eigenvalue weighted by Gasteiger charge is -2.03. The number of hydrogen-bond acceptors (Lipinski definition) is 3. The van der Waals surface area contributed by atoms with E-state index in [0.717, 1.165) is 25.0 Å². The van der Waals surface area contributed by atoms with E-state index < -0.39 is 11.9 Å². The van der Waals surface area contributed by atoms with Gasteiger partial charge < -0.3 is 9.84 Å². The van der Waals surface area contributed by atoms with Gasteiger partial charge in [0.2, 0.25) is 0 Å². The van der Waals surface area contributed by atoms with Crippen LogP contribution in [0.1, 0.15) is 116 Å². The van der Waals surface area contributed by atoms with E-state index in [4.69, 9.17) is 9.84 Å². The minimum Gasteiger partial charge on any atom is -0.478 e. The minimum absolute atomic E-state index is 0.661. The van der Waals surface area contributed by atoms with Crippen LogP contribution in [0, 0.1) is 0 Å². The van der Waals surface area contributed by atoms with Gasteiger partial charge in [0.15, 0.2) is 0 Å². The Morgan fingerprint density at radius 1 is 0.679 bits per heavy atom. The number of carboxylic acid groups (broad SMARTS) is 1. The van der Waals surface area contributed by atoms with Crippen molar-refractivity contribution in [2.24, 2.45) is 0 Å². The molecule has 0 unspecified atom stereocenters. The molecule has 0 spiro atoms. The monoisotopic (exact) mass is 394 g/mol. The maximum absolute atomic E-state index is 11.1. The van der Waals surface area contributed by atoms with E-state index in [1.807, 2.05) is 6.08 Å². The van der Waals surface area contributed by atoms with Crippen molar-refractivity contribution >= 4 is 11.9 Å². The Hall–Kier alpha value is -1.58. The van der Waals surface area contributed by atoms with Crippen LogP contribution in [-0.4, -0.2) is 17.0 Å². The van der Waals surface area contributed by atoms with E-state index in [9.17, 15) is 9.59 Å². The molecule has 4 nitrogen and oxygen atoms in total. The van der Waals surface area contributed by atoms with Gasteiger partial charge in [0.05, 0.1) is 6.26 Å². The molecule has 1 N–H and O–H groups in total. The van der Waals surface area contributed by atoms with Crippen LogP contribution in [0.3, 0.4) is 0 Å². The summed E-state index contributed by atoms with van der Waals surface area (Å²) in [6, 6.07) is 0. The normalized spacial score (nSPS) is 11.5. The first-order chi connectivity index (χ1) is 13.7. The Morgan fingerprint density at radius 2 is 1.11 bits per heavy atom. The molecule has 0 aliphatic rings. The number of unbranched alkanes of at least 4 members (excludes halogenated alkanes) is 16. The first-order valence-electron chi connectivity index (χ1n) is 11.4. The second-order valence-corrected chi connectivity index (χ2v) is 7.57. The molecule has 0 aliphatic carbocycles. The smallest absolute Gasteiger partial charge is 0.335 e. The number of allylic oxidation sites excluding steroid dienone is 1. The molecule has 0 aromatic rings. The highest BCUT2D eigenvalue weighted by atomic mass is 16.5. The summed E-state index contributed by atoms with van der Waals surface area (Å²) in [6.45, 7) is 2.27. The van der Waals surface area contributed by atoms with Crippen molar-refractivity contribution in [3.8, 4) is 0 Å². The zero-order valence-electron chi connectivity index (χ0n) is 18.0. The van der Waals surface area contributed by atoms with Crippen molar-refractivity contribution in [2.75, 3.05) is 0 Å². The summed E-state index contributed by atoms with van der Waals surface area (Å²) in [5.74, 6) is -1.82. The van der Waals surface area contributed by atoms with Crippen LogP contribution in [0.2, 0.25) is 0 Å². The number of carboxylic acids is 1. The van der Waals surface area contributed by atoms with Crippen LogP contribution in [0.25, 0.3) is 0 Å². The van der Waals surface area contributed by atoms with Crippen molar-refractivity contribution in [1.29, 1.82) is 0 Å². The Kier molecular flexibility index (Phi) is 20.5. The molecule has 4 heteroatoms. The fraction of sp³-hybridized carbons (Fsp3) is 0.750. The number of ether oxygens (including phenoxy) is 1. The maximum atomic E-state index is 11.1. The van der Waals surface area contributed by atoms with Gasteiger partial charge in [0, 0.05) is 12.2 Å². The summed E-state index contributed by atoms with van der Waals surface area (Å²) in [6.07, 6.45) is 27.4. The lowest BCUT2D eigenvalue weighted by Crippen LogP contribution is -1.96. The number of aliphatic carboxylic acids is 1. The van der Waals surface area contributed by atoms with E-state index >= 15 is 0 Å². The van der Waals surface area contributed by atoms with Gasteiger partial charge >= 0.3 is 11.9 Å². The second kappa shape index (κ2) is 21.7. The summed E-state index contributed by atoms with van der Waals surface area (Å²) in [7, 11) is 0. The van der Waals surface area contributed by atoms with Gasteiger partial charge in [-0.05, 0) is 18.9 Å². The van der Waals surface area contributed by atoms with E-state index in [2.05, 4.69) is 6.92 Å². The summed E-state index contributed by atoms with van der Waals surface area (Å²) in [5, 5.41) is 8.38. The molecule has 0 bridgehead atoms. The molecule has 0 saturated heterocycles. The maximum Gasteiger partial charge on any atom is 0.335 e. The van der Waals surface area contributed by atoms with Gasteiger partial charge in [-0.25, -0.2) is 9.59 Å². The number of carbonyl (C=O) groups excluding carboxylic acids is 1. The quantitative estimate of drug-likeness (QED) is 0.102. The van der Waals surface area contributed by atoms with Gasteiger partial charge in [-0.15, -0.1) is 0 Å². The molecule has 0 atom stereocenters. The van der Waals surface area contributed by atoms with Crippen molar-refractivity contribution < 1.29 is 19.4 Å². The molecule has 28 heavy (non-hydrogen) atoms. The van der Waals surface area contributed by atoms with Crippen LogP contribution in [0.5, 0.6) is 0 Å². The van der Waals surface area contributed by atoms with Gasteiger partial charge in [0.25, 0.3) is 0 Å². The SMILES string of the molecule is CCCCCCCCCCCCCCCCCCC=COC(=O)/C=C\C(=O)O. The summed E-state index contributed by atoms with van der Waals surface area (Å²) < 4.78 is 4.75. The summed E-state index contributed by atoms with van der Waals surface area (Å²) in [5.41, 5.74) is 0. The molecule has 0 amide bonds. The minimum atomic E-state index is -1.16. The second-order valence-electron chi connectivity index (χ2n) is 7.57. The molecule has 162 valence electrons. The third-order valence-corrected chi connectivity index (χ3v) is 4.87. The van der Waals surface area contributed by atoms with E-state index in [0.29, 0.717) is 0 Å². The topological polar surface area (TPSA) is 63.6 Å². The Bertz CT molecular complexity index is 426. The van der Waals surface area contributed by atoms with Crippen LogP contribution in [0.15, 0.2) is 24.5 Å². The molecule has 0 rings (SSSR count). The number of hydrogen-bond donors (Lipinski definition) is 1. The van der Waals surface area contributed by atoms with Crippen molar-refractivity contribution in [1.82, 2.24) is 0 Å². The molecule has 0 aliphatic heterocycles. The molecular weight excluding hydrogens is 352 g/mol. The first-order valence-corrected chi connectivity index (χ1v) is 11.4. The van der Waals surface area contributed by atoms with E-state index in [-0.39, 0.29) is 0 Å². The Morgan fingerprint density at radius 3 is 1.54 bits per heavy atom. The number of rotatable bonds is 20. The Balaban J connectivity index is 3.20. The number of esters is 1. The summed E-state index contributed by atoms with van der Waals surface area (Å²) in [4.78, 5) is 21.3. The number of carbonyl (C=O) groups is 2. The average Bonchev–Trinajstić information content (AvgIpc) is 2.68. The standard InChI is InChI=1S/C24H42O4/c1-2-3-4-5-6-7-8-9-10-11-12-13-14-15-16-17-18-19-22-28-24(27)21-20-23(25)26/h19-22H,2-18H2,1H3,(H,25,26)/b21-20-,22-19?. The van der Waals surface area contributed by atoms with Gasteiger partial charge in [0.1, 0.15) is 0 Å². The van der Waals surface area contributed by atoms with Crippen LogP contribution >= 0.6 is 0 Å². The van der Waals surface area contributed by atoms with Crippen molar-refractivity contribution in [3.63, 3.8) is 0 Å². The highest BCUT2D eigenvalue weighted by Gasteiger charge is 1.96. The van der Waals surface area contributed by atoms with Gasteiger partial charge in [-0.3, -0.25) is 0 Å². The Labute approximate surface area is 172 Å². The summed E-state index contributed by atoms with van der Waals surface area (Å²) >= 11 is 0. The molecule has 0 fully saturated rings. The lowest BCUT2D eigenvalue weighted by atomic mass is 10.0. The van der Waals surface area contributed by atoms with Crippen LogP contribution in [-0.2, 0) is 14.3 Å². The highest BCUT2D eigenvalue weighted by molar-refractivity contribution is 5.90. The molecule has 0 aromatic carbocycles. The predicted octanol–water partition coefficient (Wildman–Crippen LogP) is 7.34. The van der Waals surface area contributed by atoms with Crippen LogP contribution < -0.4 is 0 Å². The lowest BCUT2D eigenvalue weighted by molar-refractivity contribution is -0.134. The highest BCUT2D eigenvalue weighted by Crippen LogP contribution is 2.14. The van der Waals surface area contributed by atoms with Crippen molar-refractivity contribution in [2.45, 2.75) is 116 Å².